The summed E-state index contributed by atoms with van der Waals surface area (Å²) in [6.07, 6.45) is 5.20. The molecule has 0 aromatic carbocycles. The van der Waals surface area contributed by atoms with Gasteiger partial charge in [-0.2, -0.15) is 0 Å². The Morgan fingerprint density at radius 1 is 1.50 bits per heavy atom. The van der Waals surface area contributed by atoms with E-state index in [1.54, 1.807) is 18.3 Å². The maximum Gasteiger partial charge on any atom is 0.253 e. The van der Waals surface area contributed by atoms with E-state index in [2.05, 4.69) is 17.2 Å². The topological polar surface area (TPSA) is 51.2 Å². The molecule has 96 valence electrons. The van der Waals surface area contributed by atoms with Crippen LogP contribution in [0.2, 0.25) is 0 Å². The number of carbonyl (C=O) groups excluding carboxylic acids is 1. The Morgan fingerprint density at radius 3 is 2.83 bits per heavy atom. The second-order valence-corrected chi connectivity index (χ2v) is 5.43. The molecule has 3 rings (SSSR count). The third kappa shape index (κ3) is 2.81. The minimum absolute atomic E-state index is 0.0365. The lowest BCUT2D eigenvalue weighted by Gasteiger charge is -2.06. The van der Waals surface area contributed by atoms with Crippen molar-refractivity contribution in [1.82, 2.24) is 10.3 Å². The molecule has 2 unspecified atom stereocenters. The summed E-state index contributed by atoms with van der Waals surface area (Å²) in [5.41, 5.74) is 0.605. The number of nitrogens with one attached hydrogen (secondary N) is 1. The van der Waals surface area contributed by atoms with Crippen molar-refractivity contribution in [2.75, 3.05) is 6.61 Å². The van der Waals surface area contributed by atoms with Gasteiger partial charge in [0.15, 0.2) is 0 Å². The van der Waals surface area contributed by atoms with Crippen LogP contribution in [-0.4, -0.2) is 23.5 Å². The van der Waals surface area contributed by atoms with Crippen LogP contribution in [0.15, 0.2) is 18.3 Å². The number of amides is 1. The fraction of sp³-hybridized carbons (Fsp3) is 0.571. The summed E-state index contributed by atoms with van der Waals surface area (Å²) in [6, 6.07) is 3.90. The SMILES string of the molecule is CC1CC1NC(=O)c1ccc(OCC2CC2)nc1. The number of ether oxygens (including phenoxy) is 1. The van der Waals surface area contributed by atoms with E-state index >= 15 is 0 Å². The molecule has 1 aromatic rings. The molecular formula is C14H18N2O2. The molecule has 1 aromatic heterocycles. The molecule has 2 saturated carbocycles. The van der Waals surface area contributed by atoms with E-state index < -0.39 is 0 Å². The van der Waals surface area contributed by atoms with Gasteiger partial charge in [-0.15, -0.1) is 0 Å². The van der Waals surface area contributed by atoms with Gasteiger partial charge in [-0.3, -0.25) is 4.79 Å². The summed E-state index contributed by atoms with van der Waals surface area (Å²) in [7, 11) is 0. The molecule has 0 bridgehead atoms. The molecule has 0 radical (unpaired) electrons. The van der Waals surface area contributed by atoms with E-state index in [0.717, 1.165) is 13.0 Å². The number of pyridine rings is 1. The quantitative estimate of drug-likeness (QED) is 0.864. The van der Waals surface area contributed by atoms with Crippen molar-refractivity contribution in [1.29, 1.82) is 0 Å². The summed E-state index contributed by atoms with van der Waals surface area (Å²) in [5, 5.41) is 2.98. The van der Waals surface area contributed by atoms with Crippen molar-refractivity contribution in [2.45, 2.75) is 32.2 Å². The minimum Gasteiger partial charge on any atom is -0.477 e. The van der Waals surface area contributed by atoms with E-state index in [9.17, 15) is 4.79 Å². The standard InChI is InChI=1S/C14H18N2O2/c1-9-6-12(9)16-14(17)11-4-5-13(15-7-11)18-8-10-2-3-10/h4-5,7,9-10,12H,2-3,6,8H2,1H3,(H,16,17). The molecule has 4 nitrogen and oxygen atoms in total. The first-order chi connectivity index (χ1) is 8.72. The molecule has 1 N–H and O–H groups in total. The Labute approximate surface area is 107 Å². The van der Waals surface area contributed by atoms with Crippen molar-refractivity contribution in [3.8, 4) is 5.88 Å². The molecular weight excluding hydrogens is 228 g/mol. The highest BCUT2D eigenvalue weighted by molar-refractivity contribution is 5.94. The Kier molecular flexibility index (Phi) is 2.94. The third-order valence-electron chi connectivity index (χ3n) is 3.59. The van der Waals surface area contributed by atoms with Crippen molar-refractivity contribution in [3.63, 3.8) is 0 Å². The number of aromatic nitrogens is 1. The number of hydrogen-bond donors (Lipinski definition) is 1. The summed E-state index contributed by atoms with van der Waals surface area (Å²) in [6.45, 7) is 2.89. The summed E-state index contributed by atoms with van der Waals surface area (Å²) in [4.78, 5) is 16.0. The summed E-state index contributed by atoms with van der Waals surface area (Å²) >= 11 is 0. The highest BCUT2D eigenvalue weighted by Crippen LogP contribution is 2.30. The number of hydrogen-bond acceptors (Lipinski definition) is 3. The molecule has 2 aliphatic carbocycles. The molecule has 0 aliphatic heterocycles. The first kappa shape index (κ1) is 11.5. The van der Waals surface area contributed by atoms with Crippen molar-refractivity contribution in [3.05, 3.63) is 23.9 Å². The van der Waals surface area contributed by atoms with Crippen LogP contribution >= 0.6 is 0 Å². The lowest BCUT2D eigenvalue weighted by Crippen LogP contribution is -2.26. The molecule has 2 fully saturated rings. The zero-order valence-electron chi connectivity index (χ0n) is 10.6. The van der Waals surface area contributed by atoms with Gasteiger partial charge in [0, 0.05) is 18.3 Å². The van der Waals surface area contributed by atoms with Gasteiger partial charge in [0.2, 0.25) is 5.88 Å². The second-order valence-electron chi connectivity index (χ2n) is 5.43. The van der Waals surface area contributed by atoms with Gasteiger partial charge in [0.25, 0.3) is 5.91 Å². The first-order valence-corrected chi connectivity index (χ1v) is 6.62. The Morgan fingerprint density at radius 2 is 2.28 bits per heavy atom. The molecule has 18 heavy (non-hydrogen) atoms. The van der Waals surface area contributed by atoms with Gasteiger partial charge in [0.05, 0.1) is 12.2 Å². The van der Waals surface area contributed by atoms with Crippen LogP contribution in [0.4, 0.5) is 0 Å². The number of nitrogens with zero attached hydrogens (tertiary/aromatic N) is 1. The third-order valence-corrected chi connectivity index (χ3v) is 3.59. The highest BCUT2D eigenvalue weighted by atomic mass is 16.5. The van der Waals surface area contributed by atoms with Gasteiger partial charge in [-0.05, 0) is 37.2 Å². The second kappa shape index (κ2) is 4.59. The normalized spacial score (nSPS) is 25.6. The highest BCUT2D eigenvalue weighted by Gasteiger charge is 2.34. The largest absolute Gasteiger partial charge is 0.477 e. The fourth-order valence-corrected chi connectivity index (χ4v) is 1.86. The zero-order chi connectivity index (χ0) is 12.5. The summed E-state index contributed by atoms with van der Waals surface area (Å²) in [5.74, 6) is 1.90. The van der Waals surface area contributed by atoms with E-state index in [1.807, 2.05) is 0 Å². The lowest BCUT2D eigenvalue weighted by atomic mass is 10.2. The van der Waals surface area contributed by atoms with E-state index in [4.69, 9.17) is 4.74 Å². The van der Waals surface area contributed by atoms with Gasteiger partial charge < -0.3 is 10.1 Å². The van der Waals surface area contributed by atoms with Crippen LogP contribution in [0.5, 0.6) is 5.88 Å². The predicted octanol–water partition coefficient (Wildman–Crippen LogP) is 2.01. The van der Waals surface area contributed by atoms with E-state index in [1.165, 1.54) is 12.8 Å². The summed E-state index contributed by atoms with van der Waals surface area (Å²) < 4.78 is 5.53. The van der Waals surface area contributed by atoms with Gasteiger partial charge in [-0.1, -0.05) is 6.92 Å². The van der Waals surface area contributed by atoms with Crippen LogP contribution in [0, 0.1) is 11.8 Å². The zero-order valence-corrected chi connectivity index (χ0v) is 10.6. The maximum absolute atomic E-state index is 11.8. The smallest absolute Gasteiger partial charge is 0.253 e. The molecule has 0 spiro atoms. The Balaban J connectivity index is 1.53. The predicted molar refractivity (Wildman–Crippen MR) is 67.5 cm³/mol. The monoisotopic (exact) mass is 246 g/mol. The van der Waals surface area contributed by atoms with Gasteiger partial charge >= 0.3 is 0 Å². The molecule has 4 heteroatoms. The number of carbonyl (C=O) groups is 1. The average molecular weight is 246 g/mol. The molecule has 1 amide bonds. The first-order valence-electron chi connectivity index (χ1n) is 6.62. The van der Waals surface area contributed by atoms with Crippen LogP contribution in [0.1, 0.15) is 36.5 Å². The Bertz CT molecular complexity index is 440. The average Bonchev–Trinajstić information content (AvgIpc) is 3.27. The van der Waals surface area contributed by atoms with Gasteiger partial charge in [-0.25, -0.2) is 4.98 Å². The van der Waals surface area contributed by atoms with Crippen molar-refractivity contribution in [2.24, 2.45) is 11.8 Å². The fourth-order valence-electron chi connectivity index (χ4n) is 1.86. The van der Waals surface area contributed by atoms with Crippen LogP contribution in [0.25, 0.3) is 0 Å². The van der Waals surface area contributed by atoms with E-state index in [-0.39, 0.29) is 5.91 Å². The maximum atomic E-state index is 11.8. The van der Waals surface area contributed by atoms with Crippen LogP contribution in [-0.2, 0) is 0 Å². The molecule has 1 heterocycles. The Hall–Kier alpha value is -1.58. The van der Waals surface area contributed by atoms with Crippen LogP contribution < -0.4 is 10.1 Å². The molecule has 2 atom stereocenters. The van der Waals surface area contributed by atoms with Gasteiger partial charge in [0.1, 0.15) is 0 Å². The van der Waals surface area contributed by atoms with Crippen molar-refractivity contribution >= 4 is 5.91 Å². The number of rotatable bonds is 5. The molecule has 2 aliphatic rings. The van der Waals surface area contributed by atoms with Crippen molar-refractivity contribution < 1.29 is 9.53 Å². The van der Waals surface area contributed by atoms with E-state index in [0.29, 0.717) is 29.3 Å². The lowest BCUT2D eigenvalue weighted by molar-refractivity contribution is 0.0949. The molecule has 0 saturated heterocycles. The minimum atomic E-state index is -0.0365. The van der Waals surface area contributed by atoms with Crippen LogP contribution in [0.3, 0.4) is 0 Å².